The highest BCUT2D eigenvalue weighted by atomic mass is 16.6. The Morgan fingerprint density at radius 2 is 1.93 bits per heavy atom. The minimum atomic E-state index is -0.346. The van der Waals surface area contributed by atoms with E-state index in [-0.39, 0.29) is 17.7 Å². The summed E-state index contributed by atoms with van der Waals surface area (Å²) in [6.45, 7) is 0.966. The summed E-state index contributed by atoms with van der Waals surface area (Å²) in [7, 11) is 0. The molecule has 2 aromatic heterocycles. The van der Waals surface area contributed by atoms with E-state index in [2.05, 4.69) is 15.3 Å². The highest BCUT2D eigenvalue weighted by Crippen LogP contribution is 2.41. The van der Waals surface area contributed by atoms with Crippen LogP contribution in [-0.2, 0) is 16.8 Å². The van der Waals surface area contributed by atoms with Crippen molar-refractivity contribution < 1.29 is 9.53 Å². The maximum absolute atomic E-state index is 12.2. The van der Waals surface area contributed by atoms with E-state index in [1.807, 2.05) is 42.6 Å². The molecule has 3 aromatic rings. The number of hydrogen-bond acceptors (Lipinski definition) is 6. The molecule has 0 bridgehead atoms. The van der Waals surface area contributed by atoms with E-state index in [0.29, 0.717) is 13.1 Å². The van der Waals surface area contributed by atoms with E-state index >= 15 is 0 Å². The van der Waals surface area contributed by atoms with Crippen molar-refractivity contribution in [3.63, 3.8) is 0 Å². The minimum absolute atomic E-state index is 0.221. The summed E-state index contributed by atoms with van der Waals surface area (Å²) in [6.07, 6.45) is 6.61. The topological polar surface area (TPSA) is 99.2 Å². The van der Waals surface area contributed by atoms with Gasteiger partial charge in [0.2, 0.25) is 0 Å². The number of rotatable bonds is 5. The van der Waals surface area contributed by atoms with Crippen LogP contribution in [0.5, 0.6) is 0 Å². The summed E-state index contributed by atoms with van der Waals surface area (Å²) in [4.78, 5) is 18.4. The van der Waals surface area contributed by atoms with Gasteiger partial charge in [-0.2, -0.15) is 0 Å². The van der Waals surface area contributed by atoms with Gasteiger partial charge in [0, 0.05) is 23.6 Å². The number of nitrogens with two attached hydrogens (primary N) is 1. The Balaban J connectivity index is 1.29. The van der Waals surface area contributed by atoms with Gasteiger partial charge in [-0.15, -0.1) is 5.10 Å². The Hall–Kier alpha value is -3.26. The van der Waals surface area contributed by atoms with Crippen LogP contribution in [0.3, 0.4) is 0 Å². The van der Waals surface area contributed by atoms with Crippen LogP contribution in [0.1, 0.15) is 18.5 Å². The molecular weight excluding hydrogens is 356 g/mol. The summed E-state index contributed by atoms with van der Waals surface area (Å²) in [5, 5.41) is 7.68. The Kier molecular flexibility index (Phi) is 3.87. The summed E-state index contributed by atoms with van der Waals surface area (Å²) >= 11 is 0. The Morgan fingerprint density at radius 3 is 2.57 bits per heavy atom. The molecule has 142 valence electrons. The average Bonchev–Trinajstić information content (AvgIpc) is 3.11. The molecule has 1 atom stereocenters. The van der Waals surface area contributed by atoms with Crippen molar-refractivity contribution in [1.29, 1.82) is 0 Å². The molecule has 8 heteroatoms. The number of carbonyl (C=O) groups excluding carboxylic acids is 1. The highest BCUT2D eigenvalue weighted by molar-refractivity contribution is 5.90. The largest absolute Gasteiger partial charge is 0.442 e. The molecule has 3 heterocycles. The van der Waals surface area contributed by atoms with Crippen molar-refractivity contribution in [3.8, 4) is 11.1 Å². The van der Waals surface area contributed by atoms with Crippen molar-refractivity contribution in [2.24, 2.45) is 5.73 Å². The van der Waals surface area contributed by atoms with E-state index in [4.69, 9.17) is 10.5 Å². The summed E-state index contributed by atoms with van der Waals surface area (Å²) in [5.74, 6) is 0. The molecule has 1 aliphatic carbocycles. The number of ether oxygens (including phenoxy) is 1. The number of amides is 1. The number of benzene rings is 1. The van der Waals surface area contributed by atoms with Gasteiger partial charge in [0.25, 0.3) is 0 Å². The molecule has 5 rings (SSSR count). The van der Waals surface area contributed by atoms with Crippen molar-refractivity contribution in [2.75, 3.05) is 11.4 Å². The summed E-state index contributed by atoms with van der Waals surface area (Å²) < 4.78 is 7.11. The molecule has 1 aliphatic heterocycles. The molecule has 2 N–H and O–H groups in total. The van der Waals surface area contributed by atoms with E-state index in [9.17, 15) is 4.79 Å². The number of cyclic esters (lactones) is 1. The van der Waals surface area contributed by atoms with Crippen LogP contribution in [0, 0.1) is 0 Å². The average molecular weight is 376 g/mol. The molecule has 1 amide bonds. The first-order valence-electron chi connectivity index (χ1n) is 9.29. The molecule has 0 spiro atoms. The van der Waals surface area contributed by atoms with Crippen molar-refractivity contribution in [1.82, 2.24) is 20.0 Å². The predicted molar refractivity (Wildman–Crippen MR) is 102 cm³/mol. The maximum atomic E-state index is 12.2. The molecule has 2 fully saturated rings. The third-order valence-corrected chi connectivity index (χ3v) is 5.31. The summed E-state index contributed by atoms with van der Waals surface area (Å²) in [5.41, 5.74) is 9.78. The second kappa shape index (κ2) is 6.42. The maximum Gasteiger partial charge on any atom is 0.414 e. The minimum Gasteiger partial charge on any atom is -0.442 e. The zero-order chi connectivity index (χ0) is 19.1. The lowest BCUT2D eigenvalue weighted by Crippen LogP contribution is -2.26. The second-order valence-electron chi connectivity index (χ2n) is 7.38. The van der Waals surface area contributed by atoms with Gasteiger partial charge in [-0.3, -0.25) is 9.88 Å². The van der Waals surface area contributed by atoms with Crippen LogP contribution in [0.2, 0.25) is 0 Å². The number of pyridine rings is 1. The molecule has 1 saturated heterocycles. The van der Waals surface area contributed by atoms with Crippen molar-refractivity contribution in [3.05, 3.63) is 60.7 Å². The van der Waals surface area contributed by atoms with Crippen LogP contribution >= 0.6 is 0 Å². The Bertz CT molecular complexity index is 981. The Labute approximate surface area is 161 Å². The molecule has 28 heavy (non-hydrogen) atoms. The fourth-order valence-electron chi connectivity index (χ4n) is 3.45. The lowest BCUT2D eigenvalue weighted by molar-refractivity contribution is 0.129. The molecular formula is C20H20N6O2. The van der Waals surface area contributed by atoms with Gasteiger partial charge >= 0.3 is 6.09 Å². The number of hydrogen-bond donors (Lipinski definition) is 1. The SMILES string of the molecule is NC1(c2ccc(-c3ccc(N4C[C@H](Cn5ccnn5)OC4=O)cc3)cn2)CC1. The molecule has 0 radical (unpaired) electrons. The van der Waals surface area contributed by atoms with E-state index in [1.54, 1.807) is 22.0 Å². The fourth-order valence-corrected chi connectivity index (χ4v) is 3.45. The van der Waals surface area contributed by atoms with Gasteiger partial charge in [-0.25, -0.2) is 9.48 Å². The first-order chi connectivity index (χ1) is 13.6. The molecule has 2 aliphatic rings. The normalized spacial score (nSPS) is 20.2. The third kappa shape index (κ3) is 3.11. The zero-order valence-corrected chi connectivity index (χ0v) is 15.2. The van der Waals surface area contributed by atoms with Crippen LogP contribution < -0.4 is 10.6 Å². The first kappa shape index (κ1) is 16.9. The molecule has 1 saturated carbocycles. The molecule has 1 aromatic carbocycles. The first-order valence-corrected chi connectivity index (χ1v) is 9.29. The smallest absolute Gasteiger partial charge is 0.414 e. The van der Waals surface area contributed by atoms with Crippen molar-refractivity contribution >= 4 is 11.8 Å². The summed E-state index contributed by atoms with van der Waals surface area (Å²) in [6, 6.07) is 11.9. The van der Waals surface area contributed by atoms with Gasteiger partial charge in [-0.05, 0) is 36.6 Å². The van der Waals surface area contributed by atoms with Crippen LogP contribution in [0.25, 0.3) is 11.1 Å². The zero-order valence-electron chi connectivity index (χ0n) is 15.2. The third-order valence-electron chi connectivity index (χ3n) is 5.31. The van der Waals surface area contributed by atoms with Crippen LogP contribution in [0.15, 0.2) is 55.0 Å². The van der Waals surface area contributed by atoms with Crippen LogP contribution in [0.4, 0.5) is 10.5 Å². The van der Waals surface area contributed by atoms with Gasteiger partial charge in [0.1, 0.15) is 6.10 Å². The quantitative estimate of drug-likeness (QED) is 0.734. The fraction of sp³-hybridized carbons (Fsp3) is 0.300. The standard InChI is InChI=1S/C20H20N6O2/c21-20(7-8-20)18-6-3-15(11-22-18)14-1-4-16(5-2-14)26-13-17(28-19(26)27)12-25-10-9-23-24-25/h1-6,9-11,17H,7-8,12-13,21H2/t17-/m0/s1. The number of carbonyl (C=O) groups is 1. The lowest BCUT2D eigenvalue weighted by atomic mass is 10.1. The van der Waals surface area contributed by atoms with Crippen LogP contribution in [-0.4, -0.2) is 38.7 Å². The number of anilines is 1. The van der Waals surface area contributed by atoms with E-state index in [1.165, 1.54) is 0 Å². The lowest BCUT2D eigenvalue weighted by Gasteiger charge is -2.14. The van der Waals surface area contributed by atoms with Gasteiger partial charge < -0.3 is 10.5 Å². The van der Waals surface area contributed by atoms with E-state index < -0.39 is 0 Å². The van der Waals surface area contributed by atoms with Gasteiger partial charge in [-0.1, -0.05) is 23.4 Å². The molecule has 0 unspecified atom stereocenters. The monoisotopic (exact) mass is 376 g/mol. The molecule has 8 nitrogen and oxygen atoms in total. The van der Waals surface area contributed by atoms with Gasteiger partial charge in [0.15, 0.2) is 0 Å². The van der Waals surface area contributed by atoms with Crippen molar-refractivity contribution in [2.45, 2.75) is 31.0 Å². The Morgan fingerprint density at radius 1 is 1.14 bits per heavy atom. The van der Waals surface area contributed by atoms with E-state index in [0.717, 1.165) is 35.3 Å². The number of nitrogens with zero attached hydrogens (tertiary/aromatic N) is 5. The highest BCUT2D eigenvalue weighted by Gasteiger charge is 2.41. The second-order valence-corrected chi connectivity index (χ2v) is 7.38. The predicted octanol–water partition coefficient (Wildman–Crippen LogP) is 2.31. The van der Waals surface area contributed by atoms with Gasteiger partial charge in [0.05, 0.1) is 30.5 Å². The number of aromatic nitrogens is 4.